The molecule has 0 N–H and O–H groups in total. The van der Waals surface area contributed by atoms with E-state index in [4.69, 9.17) is 4.74 Å². The lowest BCUT2D eigenvalue weighted by Gasteiger charge is -2.39. The highest BCUT2D eigenvalue weighted by atomic mass is 19.3. The summed E-state index contributed by atoms with van der Waals surface area (Å²) in [5.41, 5.74) is 0.248. The molecule has 1 aliphatic rings. The lowest BCUT2D eigenvalue weighted by molar-refractivity contribution is -0.0499. The van der Waals surface area contributed by atoms with E-state index in [0.29, 0.717) is 13.1 Å². The highest BCUT2D eigenvalue weighted by Gasteiger charge is 2.33. The van der Waals surface area contributed by atoms with Crippen LogP contribution in [0.3, 0.4) is 0 Å². The van der Waals surface area contributed by atoms with E-state index in [0.717, 1.165) is 0 Å². The van der Waals surface area contributed by atoms with Gasteiger partial charge in [0.1, 0.15) is 11.9 Å². The molecule has 7 heteroatoms. The Morgan fingerprint density at radius 2 is 1.88 bits per heavy atom. The Bertz CT molecular complexity index is 733. The molecule has 24 heavy (non-hydrogen) atoms. The van der Waals surface area contributed by atoms with Gasteiger partial charge in [0.15, 0.2) is 11.6 Å². The van der Waals surface area contributed by atoms with Crippen LogP contribution in [0.1, 0.15) is 10.4 Å². The van der Waals surface area contributed by atoms with Gasteiger partial charge in [0, 0.05) is 5.56 Å². The summed E-state index contributed by atoms with van der Waals surface area (Å²) in [7, 11) is 0. The molecular weight excluding hydrogens is 323 g/mol. The van der Waals surface area contributed by atoms with E-state index >= 15 is 0 Å². The summed E-state index contributed by atoms with van der Waals surface area (Å²) in [5.74, 6) is -0.709. The van der Waals surface area contributed by atoms with Crippen LogP contribution < -0.4 is 9.47 Å². The lowest BCUT2D eigenvalue weighted by atomic mass is 10.1. The number of ether oxygens (including phenoxy) is 2. The van der Waals surface area contributed by atoms with Crippen LogP contribution in [-0.2, 0) is 0 Å². The molecule has 0 spiro atoms. The number of rotatable bonds is 5. The molecule has 2 aromatic carbocycles. The molecule has 2 aromatic rings. The van der Waals surface area contributed by atoms with Crippen LogP contribution in [-0.4, -0.2) is 36.6 Å². The maximum Gasteiger partial charge on any atom is 0.387 e. The Labute approximate surface area is 136 Å². The van der Waals surface area contributed by atoms with Crippen molar-refractivity contribution in [2.24, 2.45) is 0 Å². The second-order valence-corrected chi connectivity index (χ2v) is 5.29. The predicted molar refractivity (Wildman–Crippen MR) is 79.8 cm³/mol. The first-order valence-corrected chi connectivity index (χ1v) is 7.28. The number of para-hydroxylation sites is 1. The number of amides is 1. The molecule has 0 saturated carbocycles. The molecule has 126 valence electrons. The number of hydrogen-bond acceptors (Lipinski definition) is 3. The summed E-state index contributed by atoms with van der Waals surface area (Å²) in [4.78, 5) is 13.8. The average molecular weight is 337 g/mol. The van der Waals surface area contributed by atoms with Gasteiger partial charge in [-0.3, -0.25) is 4.79 Å². The van der Waals surface area contributed by atoms with Crippen molar-refractivity contribution in [3.63, 3.8) is 0 Å². The predicted octanol–water partition coefficient (Wildman–Crippen LogP) is 3.33. The minimum atomic E-state index is -2.95. The largest absolute Gasteiger partial charge is 0.484 e. The number of nitrogens with zero attached hydrogens (tertiary/aromatic N) is 1. The van der Waals surface area contributed by atoms with Crippen LogP contribution in [0.15, 0.2) is 48.5 Å². The van der Waals surface area contributed by atoms with Gasteiger partial charge in [0.25, 0.3) is 5.91 Å². The van der Waals surface area contributed by atoms with Crippen LogP contribution in [0, 0.1) is 5.82 Å². The maximum absolute atomic E-state index is 13.5. The third-order valence-corrected chi connectivity index (χ3v) is 3.57. The van der Waals surface area contributed by atoms with Crippen molar-refractivity contribution < 1.29 is 27.4 Å². The van der Waals surface area contributed by atoms with Crippen molar-refractivity contribution in [1.82, 2.24) is 4.90 Å². The topological polar surface area (TPSA) is 38.8 Å². The van der Waals surface area contributed by atoms with Gasteiger partial charge in [-0.2, -0.15) is 8.78 Å². The van der Waals surface area contributed by atoms with Gasteiger partial charge in [0.05, 0.1) is 13.1 Å². The Morgan fingerprint density at radius 1 is 1.12 bits per heavy atom. The van der Waals surface area contributed by atoms with Gasteiger partial charge in [0.2, 0.25) is 0 Å². The number of likely N-dealkylation sites (tertiary alicyclic amines) is 1. The lowest BCUT2D eigenvalue weighted by Crippen LogP contribution is -2.56. The third-order valence-electron chi connectivity index (χ3n) is 3.57. The van der Waals surface area contributed by atoms with Crippen LogP contribution in [0.25, 0.3) is 0 Å². The van der Waals surface area contributed by atoms with Crippen LogP contribution in [0.2, 0.25) is 0 Å². The van der Waals surface area contributed by atoms with Gasteiger partial charge in [-0.05, 0) is 30.3 Å². The molecule has 0 radical (unpaired) electrons. The number of carbonyl (C=O) groups excluding carboxylic acids is 1. The van der Waals surface area contributed by atoms with E-state index in [1.165, 1.54) is 41.3 Å². The van der Waals surface area contributed by atoms with Crippen molar-refractivity contribution in [2.75, 3.05) is 13.1 Å². The summed E-state index contributed by atoms with van der Waals surface area (Å²) in [6.07, 6.45) is -0.300. The van der Waals surface area contributed by atoms with Gasteiger partial charge < -0.3 is 14.4 Å². The Kier molecular flexibility index (Phi) is 4.59. The Morgan fingerprint density at radius 3 is 2.58 bits per heavy atom. The first-order valence-electron chi connectivity index (χ1n) is 7.28. The van der Waals surface area contributed by atoms with Crippen LogP contribution >= 0.6 is 0 Å². The quantitative estimate of drug-likeness (QED) is 0.840. The van der Waals surface area contributed by atoms with E-state index in [9.17, 15) is 18.0 Å². The third kappa shape index (κ3) is 3.61. The summed E-state index contributed by atoms with van der Waals surface area (Å²) in [6, 6.07) is 11.6. The number of carbonyl (C=O) groups is 1. The van der Waals surface area contributed by atoms with E-state index < -0.39 is 12.4 Å². The molecule has 1 aliphatic heterocycles. The molecular formula is C17H14F3NO3. The fraction of sp³-hybridized carbons (Fsp3) is 0.235. The minimum absolute atomic E-state index is 0.0736. The summed E-state index contributed by atoms with van der Waals surface area (Å²) >= 11 is 0. The van der Waals surface area contributed by atoms with E-state index in [2.05, 4.69) is 4.74 Å². The highest BCUT2D eigenvalue weighted by molar-refractivity contribution is 5.95. The zero-order chi connectivity index (χ0) is 17.1. The fourth-order valence-corrected chi connectivity index (χ4v) is 2.39. The summed E-state index contributed by atoms with van der Waals surface area (Å²) < 4.78 is 47.7. The van der Waals surface area contributed by atoms with Gasteiger partial charge >= 0.3 is 6.61 Å². The van der Waals surface area contributed by atoms with Crippen LogP contribution in [0.4, 0.5) is 13.2 Å². The van der Waals surface area contributed by atoms with Crippen molar-refractivity contribution in [3.05, 3.63) is 59.9 Å². The number of benzene rings is 2. The van der Waals surface area contributed by atoms with E-state index in [-0.39, 0.29) is 29.1 Å². The van der Waals surface area contributed by atoms with Crippen molar-refractivity contribution in [2.45, 2.75) is 12.7 Å². The Hall–Kier alpha value is -2.70. The molecule has 0 aromatic heterocycles. The molecule has 0 unspecified atom stereocenters. The normalized spacial score (nSPS) is 14.4. The zero-order valence-corrected chi connectivity index (χ0v) is 12.5. The van der Waals surface area contributed by atoms with Crippen LogP contribution in [0.5, 0.6) is 11.5 Å². The Balaban J connectivity index is 1.58. The fourth-order valence-electron chi connectivity index (χ4n) is 2.39. The minimum Gasteiger partial charge on any atom is -0.484 e. The smallest absolute Gasteiger partial charge is 0.387 e. The van der Waals surface area contributed by atoms with E-state index in [1.807, 2.05) is 0 Å². The van der Waals surface area contributed by atoms with Crippen molar-refractivity contribution >= 4 is 5.91 Å². The standard InChI is InChI=1S/C17H14F3NO3/c18-14-6-1-2-7-15(14)23-13-9-21(10-13)16(22)11-4-3-5-12(8-11)24-17(19)20/h1-8,13,17H,9-10H2. The second kappa shape index (κ2) is 6.82. The first-order chi connectivity index (χ1) is 11.5. The molecule has 0 aliphatic carbocycles. The first kappa shape index (κ1) is 16.2. The van der Waals surface area contributed by atoms with Gasteiger partial charge in [-0.15, -0.1) is 0 Å². The SMILES string of the molecule is O=C(c1cccc(OC(F)F)c1)N1CC(Oc2ccccc2F)C1. The zero-order valence-electron chi connectivity index (χ0n) is 12.5. The highest BCUT2D eigenvalue weighted by Crippen LogP contribution is 2.23. The maximum atomic E-state index is 13.5. The second-order valence-electron chi connectivity index (χ2n) is 5.29. The molecule has 4 nitrogen and oxygen atoms in total. The number of halogens is 3. The molecule has 1 amide bonds. The molecule has 1 saturated heterocycles. The monoisotopic (exact) mass is 337 g/mol. The molecule has 1 heterocycles. The molecule has 3 rings (SSSR count). The molecule has 0 atom stereocenters. The number of hydrogen-bond donors (Lipinski definition) is 0. The van der Waals surface area contributed by atoms with Crippen molar-refractivity contribution in [3.8, 4) is 11.5 Å². The van der Waals surface area contributed by atoms with E-state index in [1.54, 1.807) is 12.1 Å². The molecule has 0 bridgehead atoms. The summed E-state index contributed by atoms with van der Waals surface area (Å²) in [6.45, 7) is -2.35. The number of alkyl halides is 2. The van der Waals surface area contributed by atoms with Gasteiger partial charge in [-0.25, -0.2) is 4.39 Å². The van der Waals surface area contributed by atoms with Gasteiger partial charge in [-0.1, -0.05) is 18.2 Å². The van der Waals surface area contributed by atoms with Crippen molar-refractivity contribution in [1.29, 1.82) is 0 Å². The average Bonchev–Trinajstić information content (AvgIpc) is 2.51. The molecule has 1 fully saturated rings. The summed E-state index contributed by atoms with van der Waals surface area (Å²) in [5, 5.41) is 0.